The molecular formula is C6H16N2O. The molecule has 0 bridgehead atoms. The van der Waals surface area contributed by atoms with E-state index < -0.39 is 0 Å². The van der Waals surface area contributed by atoms with E-state index in [1.54, 1.807) is 0 Å². The van der Waals surface area contributed by atoms with Gasteiger partial charge in [-0.05, 0) is 19.9 Å². The van der Waals surface area contributed by atoms with Crippen molar-refractivity contribution in [3.8, 4) is 0 Å². The van der Waals surface area contributed by atoms with Gasteiger partial charge in [0, 0.05) is 13.2 Å². The Morgan fingerprint density at radius 2 is 2.11 bits per heavy atom. The van der Waals surface area contributed by atoms with Gasteiger partial charge in [0.05, 0.1) is 6.10 Å². The molecule has 9 heavy (non-hydrogen) atoms. The second-order valence-corrected chi connectivity index (χ2v) is 1.89. The van der Waals surface area contributed by atoms with Gasteiger partial charge in [0.1, 0.15) is 0 Å². The molecule has 0 spiro atoms. The molecule has 0 amide bonds. The van der Waals surface area contributed by atoms with Crippen LogP contribution in [-0.4, -0.2) is 25.8 Å². The Balaban J connectivity index is 3.18. The molecule has 0 saturated heterocycles. The lowest BCUT2D eigenvalue weighted by Crippen LogP contribution is -2.26. The van der Waals surface area contributed by atoms with Crippen LogP contribution in [0.15, 0.2) is 0 Å². The first-order chi connectivity index (χ1) is 4.35. The van der Waals surface area contributed by atoms with Gasteiger partial charge in [0.2, 0.25) is 0 Å². The predicted molar refractivity (Wildman–Crippen MR) is 38.1 cm³/mol. The monoisotopic (exact) mass is 132 g/mol. The molecule has 0 fully saturated rings. The maximum Gasteiger partial charge on any atom is 0.0709 e. The molecule has 0 rings (SSSR count). The van der Waals surface area contributed by atoms with E-state index in [-0.39, 0.29) is 6.10 Å². The van der Waals surface area contributed by atoms with E-state index in [4.69, 9.17) is 16.2 Å². The molecule has 4 N–H and O–H groups in total. The molecule has 0 heterocycles. The zero-order valence-electron chi connectivity index (χ0n) is 5.97. The lowest BCUT2D eigenvalue weighted by Gasteiger charge is -2.12. The largest absolute Gasteiger partial charge is 0.377 e. The van der Waals surface area contributed by atoms with Crippen LogP contribution < -0.4 is 11.5 Å². The van der Waals surface area contributed by atoms with E-state index in [1.165, 1.54) is 0 Å². The zero-order valence-corrected chi connectivity index (χ0v) is 5.97. The Morgan fingerprint density at radius 3 is 2.44 bits per heavy atom. The van der Waals surface area contributed by atoms with Crippen LogP contribution in [0.1, 0.15) is 13.3 Å². The van der Waals surface area contributed by atoms with Crippen molar-refractivity contribution in [2.24, 2.45) is 11.5 Å². The Morgan fingerprint density at radius 1 is 1.44 bits per heavy atom. The van der Waals surface area contributed by atoms with Gasteiger partial charge < -0.3 is 16.2 Å². The Hall–Kier alpha value is -0.120. The van der Waals surface area contributed by atoms with Crippen LogP contribution in [0.2, 0.25) is 0 Å². The molecule has 56 valence electrons. The number of rotatable bonds is 5. The molecule has 0 aliphatic heterocycles. The van der Waals surface area contributed by atoms with E-state index in [9.17, 15) is 0 Å². The van der Waals surface area contributed by atoms with Crippen LogP contribution in [0.5, 0.6) is 0 Å². The number of hydrogen-bond acceptors (Lipinski definition) is 3. The average molecular weight is 132 g/mol. The van der Waals surface area contributed by atoms with Crippen molar-refractivity contribution in [3.05, 3.63) is 0 Å². The molecular weight excluding hydrogens is 116 g/mol. The first-order valence-corrected chi connectivity index (χ1v) is 3.36. The maximum atomic E-state index is 5.36. The first kappa shape index (κ1) is 8.88. The van der Waals surface area contributed by atoms with E-state index in [1.807, 2.05) is 6.92 Å². The minimum Gasteiger partial charge on any atom is -0.377 e. The topological polar surface area (TPSA) is 61.3 Å². The normalized spacial score (nSPS) is 13.7. The average Bonchev–Trinajstić information content (AvgIpc) is 1.88. The lowest BCUT2D eigenvalue weighted by atomic mass is 10.2. The van der Waals surface area contributed by atoms with Crippen molar-refractivity contribution < 1.29 is 4.74 Å². The van der Waals surface area contributed by atoms with Crippen LogP contribution in [0.4, 0.5) is 0 Å². The Labute approximate surface area is 56.4 Å². The van der Waals surface area contributed by atoms with Gasteiger partial charge in [0.25, 0.3) is 0 Å². The van der Waals surface area contributed by atoms with Crippen LogP contribution in [0.25, 0.3) is 0 Å². The van der Waals surface area contributed by atoms with E-state index in [0.29, 0.717) is 13.1 Å². The fraction of sp³-hybridized carbons (Fsp3) is 1.00. The third-order valence-electron chi connectivity index (χ3n) is 1.15. The highest BCUT2D eigenvalue weighted by molar-refractivity contribution is 4.57. The van der Waals surface area contributed by atoms with Crippen LogP contribution in [-0.2, 0) is 4.74 Å². The molecule has 0 saturated carbocycles. The van der Waals surface area contributed by atoms with E-state index in [2.05, 4.69) is 0 Å². The van der Waals surface area contributed by atoms with Gasteiger partial charge in [-0.3, -0.25) is 0 Å². The maximum absolute atomic E-state index is 5.36. The molecule has 3 heteroatoms. The Kier molecular flexibility index (Phi) is 5.93. The van der Waals surface area contributed by atoms with Gasteiger partial charge in [-0.2, -0.15) is 0 Å². The van der Waals surface area contributed by atoms with Gasteiger partial charge in [-0.1, -0.05) is 0 Å². The zero-order chi connectivity index (χ0) is 7.11. The quantitative estimate of drug-likeness (QED) is 0.540. The van der Waals surface area contributed by atoms with Gasteiger partial charge in [-0.25, -0.2) is 0 Å². The summed E-state index contributed by atoms with van der Waals surface area (Å²) in [4.78, 5) is 0. The van der Waals surface area contributed by atoms with Crippen molar-refractivity contribution in [1.29, 1.82) is 0 Å². The molecule has 0 aliphatic carbocycles. The van der Waals surface area contributed by atoms with Gasteiger partial charge >= 0.3 is 0 Å². The van der Waals surface area contributed by atoms with E-state index >= 15 is 0 Å². The molecule has 3 nitrogen and oxygen atoms in total. The molecule has 0 aromatic heterocycles. The summed E-state index contributed by atoms with van der Waals surface area (Å²) in [6.07, 6.45) is 1.03. The Bertz CT molecular complexity index is 53.0. The number of nitrogens with two attached hydrogens (primary N) is 2. The highest BCUT2D eigenvalue weighted by Crippen LogP contribution is 1.92. The van der Waals surface area contributed by atoms with E-state index in [0.717, 1.165) is 13.0 Å². The predicted octanol–water partition coefficient (Wildman–Crippen LogP) is -0.301. The molecule has 0 radical (unpaired) electrons. The summed E-state index contributed by atoms with van der Waals surface area (Å²) in [7, 11) is 0. The van der Waals surface area contributed by atoms with Crippen molar-refractivity contribution in [3.63, 3.8) is 0 Å². The summed E-state index contributed by atoms with van der Waals surface area (Å²) in [6, 6.07) is 0. The molecule has 0 aromatic carbocycles. The second-order valence-electron chi connectivity index (χ2n) is 1.89. The lowest BCUT2D eigenvalue weighted by molar-refractivity contribution is 0.0648. The van der Waals surface area contributed by atoms with Crippen molar-refractivity contribution >= 4 is 0 Å². The van der Waals surface area contributed by atoms with Crippen LogP contribution >= 0.6 is 0 Å². The summed E-state index contributed by atoms with van der Waals surface area (Å²) < 4.78 is 5.23. The molecule has 1 atom stereocenters. The first-order valence-electron chi connectivity index (χ1n) is 3.36. The number of ether oxygens (including phenoxy) is 1. The number of hydrogen-bond donors (Lipinski definition) is 2. The fourth-order valence-electron chi connectivity index (χ4n) is 0.691. The fourth-order valence-corrected chi connectivity index (χ4v) is 0.691. The van der Waals surface area contributed by atoms with Crippen molar-refractivity contribution in [1.82, 2.24) is 0 Å². The molecule has 0 aliphatic rings. The van der Waals surface area contributed by atoms with Gasteiger partial charge in [0.15, 0.2) is 0 Å². The van der Waals surface area contributed by atoms with Gasteiger partial charge in [-0.15, -0.1) is 0 Å². The summed E-state index contributed by atoms with van der Waals surface area (Å²) in [6.45, 7) is 3.91. The highest BCUT2D eigenvalue weighted by Gasteiger charge is 2.02. The van der Waals surface area contributed by atoms with Crippen molar-refractivity contribution in [2.75, 3.05) is 19.7 Å². The molecule has 0 unspecified atom stereocenters. The highest BCUT2D eigenvalue weighted by atomic mass is 16.5. The summed E-state index contributed by atoms with van der Waals surface area (Å²) in [5.41, 5.74) is 10.7. The minimum absolute atomic E-state index is 0.167. The third kappa shape index (κ3) is 4.39. The standard InChI is InChI=1S/C6H16N2O/c1-2-9-6(5-8)3-4-7/h6H,2-5,7-8H2,1H3/t6-/m1/s1. The van der Waals surface area contributed by atoms with Crippen LogP contribution in [0, 0.1) is 0 Å². The third-order valence-corrected chi connectivity index (χ3v) is 1.15. The SMILES string of the molecule is CCO[C@@H](CN)CCN. The smallest absolute Gasteiger partial charge is 0.0709 e. The summed E-state index contributed by atoms with van der Waals surface area (Å²) in [5.74, 6) is 0. The minimum atomic E-state index is 0.167. The summed E-state index contributed by atoms with van der Waals surface area (Å²) >= 11 is 0. The summed E-state index contributed by atoms with van der Waals surface area (Å²) in [5, 5.41) is 0. The molecule has 0 aromatic rings. The second kappa shape index (κ2) is 6.01. The van der Waals surface area contributed by atoms with Crippen LogP contribution in [0.3, 0.4) is 0 Å². The van der Waals surface area contributed by atoms with Crippen molar-refractivity contribution in [2.45, 2.75) is 19.4 Å².